The molecule has 0 saturated carbocycles. The molecule has 0 aliphatic rings. The standard InChI is InChI=1S/C13H18N2O3/c1-3-4-5-9-14-13(16)11-8-6-7-10(2)12(11)15(17)18/h6-8H,3-5,9H2,1-2H3,(H,14,16). The molecule has 98 valence electrons. The first kappa shape index (κ1) is 14.2. The normalized spacial score (nSPS) is 10.1. The van der Waals surface area contributed by atoms with Gasteiger partial charge in [0.05, 0.1) is 4.92 Å². The second-order valence-corrected chi connectivity index (χ2v) is 4.19. The topological polar surface area (TPSA) is 72.2 Å². The van der Waals surface area contributed by atoms with Crippen molar-refractivity contribution in [3.8, 4) is 0 Å². The van der Waals surface area contributed by atoms with E-state index in [1.807, 2.05) is 0 Å². The average molecular weight is 250 g/mol. The number of unbranched alkanes of at least 4 members (excludes halogenated alkanes) is 2. The Hall–Kier alpha value is -1.91. The maximum Gasteiger partial charge on any atom is 0.285 e. The Bertz CT molecular complexity index is 444. The van der Waals surface area contributed by atoms with Crippen LogP contribution in [0.25, 0.3) is 0 Å². The highest BCUT2D eigenvalue weighted by Crippen LogP contribution is 2.22. The monoisotopic (exact) mass is 250 g/mol. The van der Waals surface area contributed by atoms with E-state index in [4.69, 9.17) is 0 Å². The van der Waals surface area contributed by atoms with E-state index >= 15 is 0 Å². The summed E-state index contributed by atoms with van der Waals surface area (Å²) in [6.07, 6.45) is 3.00. The van der Waals surface area contributed by atoms with E-state index < -0.39 is 4.92 Å². The fraction of sp³-hybridized carbons (Fsp3) is 0.462. The molecule has 0 aromatic heterocycles. The Labute approximate surface area is 106 Å². The third-order valence-corrected chi connectivity index (χ3v) is 2.73. The van der Waals surface area contributed by atoms with Crippen LogP contribution in [0.4, 0.5) is 5.69 Å². The molecule has 5 heteroatoms. The van der Waals surface area contributed by atoms with Crippen LogP contribution in [-0.4, -0.2) is 17.4 Å². The zero-order chi connectivity index (χ0) is 13.5. The van der Waals surface area contributed by atoms with E-state index in [1.165, 1.54) is 6.07 Å². The molecular formula is C13H18N2O3. The quantitative estimate of drug-likeness (QED) is 0.479. The molecule has 0 unspecified atom stereocenters. The number of carbonyl (C=O) groups excluding carboxylic acids is 1. The summed E-state index contributed by atoms with van der Waals surface area (Å²) in [5.41, 5.74) is 0.531. The van der Waals surface area contributed by atoms with E-state index in [0.29, 0.717) is 12.1 Å². The van der Waals surface area contributed by atoms with Gasteiger partial charge in [-0.1, -0.05) is 31.9 Å². The van der Waals surface area contributed by atoms with Crippen molar-refractivity contribution in [2.24, 2.45) is 0 Å². The van der Waals surface area contributed by atoms with Crippen LogP contribution in [0.3, 0.4) is 0 Å². The molecule has 18 heavy (non-hydrogen) atoms. The Morgan fingerprint density at radius 1 is 1.39 bits per heavy atom. The molecule has 0 atom stereocenters. The van der Waals surface area contributed by atoms with Gasteiger partial charge in [0.1, 0.15) is 5.56 Å². The lowest BCUT2D eigenvalue weighted by atomic mass is 10.1. The van der Waals surface area contributed by atoms with Gasteiger partial charge in [-0.2, -0.15) is 0 Å². The highest BCUT2D eigenvalue weighted by atomic mass is 16.6. The van der Waals surface area contributed by atoms with Gasteiger partial charge in [-0.25, -0.2) is 0 Å². The van der Waals surface area contributed by atoms with Crippen molar-refractivity contribution in [1.82, 2.24) is 5.32 Å². The summed E-state index contributed by atoms with van der Waals surface area (Å²) in [6.45, 7) is 4.26. The molecule has 0 spiro atoms. The molecule has 1 aromatic carbocycles. The Morgan fingerprint density at radius 3 is 2.72 bits per heavy atom. The summed E-state index contributed by atoms with van der Waals surface area (Å²) in [4.78, 5) is 22.3. The molecule has 0 bridgehead atoms. The summed E-state index contributed by atoms with van der Waals surface area (Å²) in [5, 5.41) is 13.7. The highest BCUT2D eigenvalue weighted by Gasteiger charge is 2.21. The Kier molecular flexibility index (Phi) is 5.30. The van der Waals surface area contributed by atoms with Gasteiger partial charge in [0.2, 0.25) is 0 Å². The summed E-state index contributed by atoms with van der Waals surface area (Å²) in [7, 11) is 0. The van der Waals surface area contributed by atoms with Crippen LogP contribution in [0.15, 0.2) is 18.2 Å². The minimum atomic E-state index is -0.504. The zero-order valence-electron chi connectivity index (χ0n) is 10.7. The maximum absolute atomic E-state index is 11.9. The van der Waals surface area contributed by atoms with E-state index in [-0.39, 0.29) is 17.2 Å². The van der Waals surface area contributed by atoms with E-state index in [1.54, 1.807) is 19.1 Å². The summed E-state index contributed by atoms with van der Waals surface area (Å²) in [6, 6.07) is 4.77. The molecule has 5 nitrogen and oxygen atoms in total. The van der Waals surface area contributed by atoms with Crippen molar-refractivity contribution < 1.29 is 9.72 Å². The minimum Gasteiger partial charge on any atom is -0.352 e. The average Bonchev–Trinajstić information content (AvgIpc) is 2.33. The summed E-state index contributed by atoms with van der Waals surface area (Å²) < 4.78 is 0. The number of nitrogens with one attached hydrogen (secondary N) is 1. The largest absolute Gasteiger partial charge is 0.352 e. The molecule has 0 aliphatic heterocycles. The van der Waals surface area contributed by atoms with Crippen LogP contribution in [-0.2, 0) is 0 Å². The number of nitrogens with zero attached hydrogens (tertiary/aromatic N) is 1. The van der Waals surface area contributed by atoms with Crippen LogP contribution in [0.1, 0.15) is 42.1 Å². The van der Waals surface area contributed by atoms with Crippen LogP contribution >= 0.6 is 0 Å². The molecular weight excluding hydrogens is 232 g/mol. The van der Waals surface area contributed by atoms with Crippen LogP contribution in [0, 0.1) is 17.0 Å². The SMILES string of the molecule is CCCCCNC(=O)c1cccc(C)c1[N+](=O)[O-]. The number of aryl methyl sites for hydroxylation is 1. The van der Waals surface area contributed by atoms with Crippen molar-refractivity contribution in [3.63, 3.8) is 0 Å². The Balaban J connectivity index is 2.79. The molecule has 1 rings (SSSR count). The summed E-state index contributed by atoms with van der Waals surface area (Å²) in [5.74, 6) is -0.374. The number of carbonyl (C=O) groups is 1. The lowest BCUT2D eigenvalue weighted by Crippen LogP contribution is -2.25. The van der Waals surface area contributed by atoms with Gasteiger partial charge in [-0.15, -0.1) is 0 Å². The van der Waals surface area contributed by atoms with Gasteiger partial charge >= 0.3 is 0 Å². The minimum absolute atomic E-state index is 0.106. The lowest BCUT2D eigenvalue weighted by Gasteiger charge is -2.06. The van der Waals surface area contributed by atoms with Crippen molar-refractivity contribution >= 4 is 11.6 Å². The van der Waals surface area contributed by atoms with Crippen LogP contribution in [0.2, 0.25) is 0 Å². The number of benzene rings is 1. The van der Waals surface area contributed by atoms with E-state index in [0.717, 1.165) is 19.3 Å². The van der Waals surface area contributed by atoms with Crippen LogP contribution < -0.4 is 5.32 Å². The van der Waals surface area contributed by atoms with Crippen molar-refractivity contribution in [3.05, 3.63) is 39.4 Å². The van der Waals surface area contributed by atoms with E-state index in [2.05, 4.69) is 12.2 Å². The van der Waals surface area contributed by atoms with Gasteiger partial charge in [-0.05, 0) is 19.4 Å². The first-order valence-corrected chi connectivity index (χ1v) is 6.10. The van der Waals surface area contributed by atoms with Crippen molar-refractivity contribution in [1.29, 1.82) is 0 Å². The van der Waals surface area contributed by atoms with Gasteiger partial charge < -0.3 is 5.32 Å². The predicted molar refractivity (Wildman–Crippen MR) is 69.7 cm³/mol. The maximum atomic E-state index is 11.9. The molecule has 0 fully saturated rings. The molecule has 0 radical (unpaired) electrons. The number of para-hydroxylation sites is 1. The first-order valence-electron chi connectivity index (χ1n) is 6.10. The highest BCUT2D eigenvalue weighted by molar-refractivity contribution is 5.98. The number of nitro benzene ring substituents is 1. The smallest absolute Gasteiger partial charge is 0.285 e. The fourth-order valence-electron chi connectivity index (χ4n) is 1.76. The van der Waals surface area contributed by atoms with Gasteiger partial charge in [0.25, 0.3) is 11.6 Å². The third kappa shape index (κ3) is 3.55. The van der Waals surface area contributed by atoms with Crippen LogP contribution in [0.5, 0.6) is 0 Å². The van der Waals surface area contributed by atoms with Gasteiger partial charge in [0, 0.05) is 12.1 Å². The van der Waals surface area contributed by atoms with Crippen molar-refractivity contribution in [2.45, 2.75) is 33.1 Å². The molecule has 0 heterocycles. The van der Waals surface area contributed by atoms with Crippen molar-refractivity contribution in [2.75, 3.05) is 6.54 Å². The van der Waals surface area contributed by atoms with Gasteiger partial charge in [-0.3, -0.25) is 14.9 Å². The lowest BCUT2D eigenvalue weighted by molar-refractivity contribution is -0.385. The number of amides is 1. The molecule has 1 N–H and O–H groups in total. The van der Waals surface area contributed by atoms with Gasteiger partial charge in [0.15, 0.2) is 0 Å². The first-order chi connectivity index (χ1) is 8.57. The molecule has 0 aliphatic carbocycles. The zero-order valence-corrected chi connectivity index (χ0v) is 10.7. The summed E-state index contributed by atoms with van der Waals surface area (Å²) >= 11 is 0. The van der Waals surface area contributed by atoms with E-state index in [9.17, 15) is 14.9 Å². The molecule has 1 amide bonds. The predicted octanol–water partition coefficient (Wildman–Crippen LogP) is 2.82. The number of hydrogen-bond acceptors (Lipinski definition) is 3. The second kappa shape index (κ2) is 6.74. The number of hydrogen-bond donors (Lipinski definition) is 1. The number of nitro groups is 1. The molecule has 0 saturated heterocycles. The third-order valence-electron chi connectivity index (χ3n) is 2.73. The fourth-order valence-corrected chi connectivity index (χ4v) is 1.76. The second-order valence-electron chi connectivity index (χ2n) is 4.19. The number of rotatable bonds is 6. The molecule has 1 aromatic rings. The Morgan fingerprint density at radius 2 is 2.11 bits per heavy atom.